The van der Waals surface area contributed by atoms with Crippen molar-refractivity contribution < 1.29 is 4.42 Å². The maximum atomic E-state index is 12.4. The lowest BCUT2D eigenvalue weighted by molar-refractivity contribution is 0.671. The molecule has 0 atom stereocenters. The molecule has 0 spiro atoms. The number of aromatic nitrogens is 4. The molecule has 15 aromatic rings. The Labute approximate surface area is 393 Å². The van der Waals surface area contributed by atoms with Crippen LogP contribution in [0.1, 0.15) is 5.56 Å². The van der Waals surface area contributed by atoms with Crippen LogP contribution in [0.15, 0.2) is 211 Å². The van der Waals surface area contributed by atoms with Crippen LogP contribution in [-0.2, 0) is 0 Å². The summed E-state index contributed by atoms with van der Waals surface area (Å²) < 4.78 is 16.1. The van der Waals surface area contributed by atoms with Crippen LogP contribution in [-0.4, -0.2) is 18.3 Å². The Morgan fingerprint density at radius 3 is 1.13 bits per heavy atom. The second kappa shape index (κ2) is 13.9. The third kappa shape index (κ3) is 4.82. The van der Waals surface area contributed by atoms with Gasteiger partial charge >= 0.3 is 0 Å². The SMILES string of the molecule is [C-]#[N+]c1c(-n2c3ccccc3c3ccccc32)c(C#N)c(-n2c3ccccc3c3ccccc32)c(-n2c3ccccc3c3ccc4c5ccccc5oc4c32)c1-n1c2ccccc2c2ccccc21. The number of hydrogen-bond acceptors (Lipinski definition) is 2. The first-order valence-corrected chi connectivity index (χ1v) is 23.0. The molecular weight excluding hydrogens is 845 g/mol. The summed E-state index contributed by atoms with van der Waals surface area (Å²) in [4.78, 5) is 4.70. The van der Waals surface area contributed by atoms with Gasteiger partial charge in [-0.3, -0.25) is 0 Å². The van der Waals surface area contributed by atoms with Gasteiger partial charge in [-0.25, -0.2) is 4.85 Å². The first-order chi connectivity index (χ1) is 34.2. The Bertz CT molecular complexity index is 4510. The molecule has 7 heteroatoms. The Morgan fingerprint density at radius 1 is 0.348 bits per heavy atom. The molecule has 0 aliphatic carbocycles. The smallest absolute Gasteiger partial charge is 0.237 e. The van der Waals surface area contributed by atoms with Crippen LogP contribution in [0.5, 0.6) is 0 Å². The standard InChI is InChI=1S/C62H34N6O/c1-64-56-57(65-48-26-10-2-18-37(48)38-19-3-11-27-49(38)65)47(36-63)58(66-50-28-12-4-20-39(50)40-21-5-13-29-51(40)66)61(60(56)67-52-30-14-6-22-41(52)42-23-7-15-31-53(42)67)68-54-32-16-8-24-43(54)45-34-35-46-44-25-9-17-33-55(44)69-62(46)59(45)68/h2-35H. The summed E-state index contributed by atoms with van der Waals surface area (Å²) in [5.74, 6) is 0. The van der Waals surface area contributed by atoms with Gasteiger partial charge in [-0.1, -0.05) is 152 Å². The number of furan rings is 1. The van der Waals surface area contributed by atoms with Crippen LogP contribution >= 0.6 is 0 Å². The Morgan fingerprint density at radius 2 is 0.696 bits per heavy atom. The van der Waals surface area contributed by atoms with Gasteiger partial charge in [0.2, 0.25) is 5.69 Å². The molecule has 0 N–H and O–H groups in total. The molecule has 0 saturated carbocycles. The molecule has 0 fully saturated rings. The number of nitrogens with zero attached hydrogens (tertiary/aromatic N) is 6. The van der Waals surface area contributed by atoms with E-state index in [0.717, 1.165) is 109 Å². The van der Waals surface area contributed by atoms with Gasteiger partial charge in [0.25, 0.3) is 0 Å². The molecule has 318 valence electrons. The zero-order valence-corrected chi connectivity index (χ0v) is 36.7. The number of para-hydroxylation sites is 8. The highest BCUT2D eigenvalue weighted by atomic mass is 16.3. The minimum absolute atomic E-state index is 0.340. The lowest BCUT2D eigenvalue weighted by atomic mass is 10.0. The van der Waals surface area contributed by atoms with Gasteiger partial charge in [0.05, 0.1) is 79.0 Å². The molecule has 15 rings (SSSR count). The van der Waals surface area contributed by atoms with E-state index < -0.39 is 0 Å². The van der Waals surface area contributed by atoms with E-state index in [0.29, 0.717) is 34.0 Å². The molecule has 0 radical (unpaired) electrons. The van der Waals surface area contributed by atoms with Crippen molar-refractivity contribution >= 4 is 115 Å². The highest BCUT2D eigenvalue weighted by molar-refractivity contribution is 6.23. The number of hydrogen-bond donors (Lipinski definition) is 0. The van der Waals surface area contributed by atoms with Gasteiger partial charge in [-0.15, -0.1) is 0 Å². The molecule has 0 aliphatic rings. The van der Waals surface area contributed by atoms with Crippen molar-refractivity contribution in [1.82, 2.24) is 18.3 Å². The monoisotopic (exact) mass is 878 g/mol. The zero-order valence-electron chi connectivity index (χ0n) is 36.7. The van der Waals surface area contributed by atoms with Gasteiger partial charge in [0, 0.05) is 53.9 Å². The van der Waals surface area contributed by atoms with Crippen molar-refractivity contribution in [3.8, 4) is 28.8 Å². The maximum absolute atomic E-state index is 12.4. The summed E-state index contributed by atoms with van der Waals surface area (Å²) in [5, 5.41) is 22.6. The quantitative estimate of drug-likeness (QED) is 0.165. The summed E-state index contributed by atoms with van der Waals surface area (Å²) in [7, 11) is 0. The van der Waals surface area contributed by atoms with Gasteiger partial charge in [0.15, 0.2) is 5.58 Å². The number of fused-ring (bicyclic) bond motifs is 16. The highest BCUT2D eigenvalue weighted by Crippen LogP contribution is 2.52. The summed E-state index contributed by atoms with van der Waals surface area (Å²) in [6.07, 6.45) is 0. The first kappa shape index (κ1) is 37.4. The third-order valence-corrected chi connectivity index (χ3v) is 14.4. The summed E-state index contributed by atoms with van der Waals surface area (Å²) >= 11 is 0. The summed E-state index contributed by atoms with van der Waals surface area (Å²) in [5.41, 5.74) is 12.0. The number of benzene rings is 10. The fourth-order valence-electron chi connectivity index (χ4n) is 11.7. The minimum Gasteiger partial charge on any atom is -0.454 e. The molecule has 0 saturated heterocycles. The molecule has 0 bridgehead atoms. The van der Waals surface area contributed by atoms with Crippen LogP contribution in [0.3, 0.4) is 0 Å². The molecular formula is C62H34N6O. The second-order valence-corrected chi connectivity index (χ2v) is 17.7. The van der Waals surface area contributed by atoms with Crippen LogP contribution in [0.25, 0.3) is 137 Å². The first-order valence-electron chi connectivity index (χ1n) is 23.0. The van der Waals surface area contributed by atoms with E-state index in [4.69, 9.17) is 9.26 Å². The molecule has 5 aromatic heterocycles. The highest BCUT2D eigenvalue weighted by Gasteiger charge is 2.35. The van der Waals surface area contributed by atoms with Crippen molar-refractivity contribution in [2.45, 2.75) is 0 Å². The predicted octanol–water partition coefficient (Wildman–Crippen LogP) is 16.4. The van der Waals surface area contributed by atoms with E-state index in [1.54, 1.807) is 0 Å². The predicted molar refractivity (Wildman–Crippen MR) is 282 cm³/mol. The Hall–Kier alpha value is -9.82. The maximum Gasteiger partial charge on any atom is 0.237 e. The molecule has 10 aromatic carbocycles. The van der Waals surface area contributed by atoms with E-state index in [9.17, 15) is 11.8 Å². The average Bonchev–Trinajstić information content (AvgIpc) is 4.21. The van der Waals surface area contributed by atoms with Gasteiger partial charge in [-0.05, 0) is 54.6 Å². The van der Waals surface area contributed by atoms with Crippen molar-refractivity contribution in [1.29, 1.82) is 5.26 Å². The van der Waals surface area contributed by atoms with Crippen LogP contribution in [0.2, 0.25) is 0 Å². The Balaban J connectivity index is 1.31. The van der Waals surface area contributed by atoms with Crippen molar-refractivity contribution in [3.05, 3.63) is 223 Å². The van der Waals surface area contributed by atoms with Gasteiger partial charge in [-0.2, -0.15) is 5.26 Å². The van der Waals surface area contributed by atoms with E-state index in [2.05, 4.69) is 200 Å². The molecule has 0 unspecified atom stereocenters. The largest absolute Gasteiger partial charge is 0.454 e. The molecule has 5 heterocycles. The van der Waals surface area contributed by atoms with Crippen molar-refractivity contribution in [3.63, 3.8) is 0 Å². The topological polar surface area (TPSA) is 61.0 Å². The normalized spacial score (nSPS) is 12.0. The average molecular weight is 879 g/mol. The lowest BCUT2D eigenvalue weighted by Gasteiger charge is -2.27. The molecule has 69 heavy (non-hydrogen) atoms. The minimum atomic E-state index is 0.340. The van der Waals surface area contributed by atoms with Gasteiger partial charge < -0.3 is 22.7 Å². The van der Waals surface area contributed by atoms with Crippen LogP contribution in [0, 0.1) is 17.9 Å². The van der Waals surface area contributed by atoms with Gasteiger partial charge in [0.1, 0.15) is 11.7 Å². The molecule has 0 amide bonds. The van der Waals surface area contributed by atoms with E-state index in [1.165, 1.54) is 0 Å². The fraction of sp³-hybridized carbons (Fsp3) is 0. The fourth-order valence-corrected chi connectivity index (χ4v) is 11.7. The van der Waals surface area contributed by atoms with E-state index >= 15 is 0 Å². The zero-order chi connectivity index (χ0) is 45.5. The molecule has 7 nitrogen and oxygen atoms in total. The van der Waals surface area contributed by atoms with Crippen molar-refractivity contribution in [2.24, 2.45) is 0 Å². The summed E-state index contributed by atoms with van der Waals surface area (Å²) in [6, 6.07) is 74.3. The third-order valence-electron chi connectivity index (χ3n) is 14.4. The van der Waals surface area contributed by atoms with E-state index in [-0.39, 0.29) is 0 Å². The second-order valence-electron chi connectivity index (χ2n) is 17.7. The van der Waals surface area contributed by atoms with Crippen molar-refractivity contribution in [2.75, 3.05) is 0 Å². The lowest BCUT2D eigenvalue weighted by Crippen LogP contribution is -2.14. The number of rotatable bonds is 4. The van der Waals surface area contributed by atoms with E-state index in [1.807, 2.05) is 30.3 Å². The Kier molecular flexibility index (Phi) is 7.51. The number of nitriles is 1. The summed E-state index contributed by atoms with van der Waals surface area (Å²) in [6.45, 7) is 9.65. The van der Waals surface area contributed by atoms with Crippen LogP contribution < -0.4 is 0 Å². The van der Waals surface area contributed by atoms with Crippen LogP contribution in [0.4, 0.5) is 5.69 Å². The molecule has 0 aliphatic heterocycles.